The molecule has 1 aliphatic rings. The van der Waals surface area contributed by atoms with Gasteiger partial charge in [0.2, 0.25) is 5.95 Å². The Morgan fingerprint density at radius 3 is 2.55 bits per heavy atom. The molecule has 1 aromatic carbocycles. The van der Waals surface area contributed by atoms with Crippen LogP contribution >= 0.6 is 0 Å². The SMILES string of the molecule is Cn1ccc2nc(-c3cnc(N4CCC(N)CC4)nc3-c3ccc(C#N)cc3)ccc21. The maximum atomic E-state index is 9.17. The number of nitrogens with zero attached hydrogens (tertiary/aromatic N) is 6. The molecule has 7 nitrogen and oxygen atoms in total. The van der Waals surface area contributed by atoms with Crippen molar-refractivity contribution in [2.45, 2.75) is 18.9 Å². The van der Waals surface area contributed by atoms with Gasteiger partial charge >= 0.3 is 0 Å². The highest BCUT2D eigenvalue weighted by Crippen LogP contribution is 2.32. The standard InChI is InChI=1S/C24H23N7/c1-30-11-10-21-22(30)7-6-20(28-21)19-15-27-24(31-12-8-18(26)9-13-31)29-23(19)17-4-2-16(14-25)3-5-17/h2-7,10-11,15,18H,8-9,12-13,26H2,1H3. The lowest BCUT2D eigenvalue weighted by Crippen LogP contribution is -2.40. The number of rotatable bonds is 3. The molecule has 3 aromatic heterocycles. The number of hydrogen-bond acceptors (Lipinski definition) is 6. The Hall–Kier alpha value is -3.76. The van der Waals surface area contributed by atoms with Crippen LogP contribution in [0.4, 0.5) is 5.95 Å². The van der Waals surface area contributed by atoms with Gasteiger partial charge in [-0.05, 0) is 43.2 Å². The molecule has 1 saturated heterocycles. The van der Waals surface area contributed by atoms with Crippen LogP contribution in [0.25, 0.3) is 33.5 Å². The van der Waals surface area contributed by atoms with Gasteiger partial charge in [-0.1, -0.05) is 12.1 Å². The minimum absolute atomic E-state index is 0.246. The highest BCUT2D eigenvalue weighted by Gasteiger charge is 2.21. The topological polar surface area (TPSA) is 96.7 Å². The zero-order valence-corrected chi connectivity index (χ0v) is 17.4. The summed E-state index contributed by atoms with van der Waals surface area (Å²) < 4.78 is 2.05. The molecule has 5 rings (SSSR count). The highest BCUT2D eigenvalue weighted by atomic mass is 15.3. The zero-order valence-electron chi connectivity index (χ0n) is 17.4. The number of pyridine rings is 1. The molecule has 0 spiro atoms. The van der Waals surface area contributed by atoms with E-state index in [1.807, 2.05) is 60.4 Å². The van der Waals surface area contributed by atoms with E-state index in [1.54, 1.807) is 0 Å². The van der Waals surface area contributed by atoms with Crippen LogP contribution < -0.4 is 10.6 Å². The van der Waals surface area contributed by atoms with Gasteiger partial charge in [-0.2, -0.15) is 5.26 Å². The second-order valence-electron chi connectivity index (χ2n) is 7.97. The molecule has 0 atom stereocenters. The lowest BCUT2D eigenvalue weighted by molar-refractivity contribution is 0.495. The zero-order chi connectivity index (χ0) is 21.4. The fourth-order valence-electron chi connectivity index (χ4n) is 4.04. The molecule has 1 fully saturated rings. The van der Waals surface area contributed by atoms with Crippen LogP contribution in [-0.4, -0.2) is 38.7 Å². The van der Waals surface area contributed by atoms with E-state index in [-0.39, 0.29) is 6.04 Å². The van der Waals surface area contributed by atoms with E-state index in [1.165, 1.54) is 0 Å². The summed E-state index contributed by atoms with van der Waals surface area (Å²) in [6, 6.07) is 16.0. The van der Waals surface area contributed by atoms with Crippen molar-refractivity contribution < 1.29 is 0 Å². The number of fused-ring (bicyclic) bond motifs is 1. The minimum atomic E-state index is 0.246. The van der Waals surface area contributed by atoms with Crippen LogP contribution in [0.1, 0.15) is 18.4 Å². The van der Waals surface area contributed by atoms with Crippen molar-refractivity contribution in [1.29, 1.82) is 5.26 Å². The molecule has 4 heterocycles. The summed E-state index contributed by atoms with van der Waals surface area (Å²) in [6.07, 6.45) is 5.73. The number of piperidine rings is 1. The second-order valence-corrected chi connectivity index (χ2v) is 7.97. The molecule has 0 radical (unpaired) electrons. The average molecular weight is 409 g/mol. The molecule has 7 heteroatoms. The fourth-order valence-corrected chi connectivity index (χ4v) is 4.04. The van der Waals surface area contributed by atoms with Gasteiger partial charge in [0.05, 0.1) is 34.1 Å². The van der Waals surface area contributed by atoms with E-state index >= 15 is 0 Å². The summed E-state index contributed by atoms with van der Waals surface area (Å²) in [5.74, 6) is 0.704. The largest absolute Gasteiger partial charge is 0.349 e. The van der Waals surface area contributed by atoms with Crippen molar-refractivity contribution in [2.75, 3.05) is 18.0 Å². The summed E-state index contributed by atoms with van der Waals surface area (Å²) >= 11 is 0. The number of aromatic nitrogens is 4. The van der Waals surface area contributed by atoms with Crippen LogP contribution in [0.15, 0.2) is 54.9 Å². The van der Waals surface area contributed by atoms with Crippen molar-refractivity contribution in [2.24, 2.45) is 12.8 Å². The molecule has 2 N–H and O–H groups in total. The summed E-state index contributed by atoms with van der Waals surface area (Å²) in [4.78, 5) is 16.7. The second kappa shape index (κ2) is 7.82. The maximum Gasteiger partial charge on any atom is 0.225 e. The minimum Gasteiger partial charge on any atom is -0.349 e. The van der Waals surface area contributed by atoms with Crippen LogP contribution in [0.3, 0.4) is 0 Å². The monoisotopic (exact) mass is 409 g/mol. The Balaban J connectivity index is 1.62. The lowest BCUT2D eigenvalue weighted by Gasteiger charge is -2.30. The molecule has 4 aromatic rings. The van der Waals surface area contributed by atoms with Crippen LogP contribution in [0.5, 0.6) is 0 Å². The van der Waals surface area contributed by atoms with Crippen molar-refractivity contribution >= 4 is 17.0 Å². The lowest BCUT2D eigenvalue weighted by atomic mass is 10.0. The van der Waals surface area contributed by atoms with E-state index < -0.39 is 0 Å². The summed E-state index contributed by atoms with van der Waals surface area (Å²) in [6.45, 7) is 1.70. The molecule has 0 unspecified atom stereocenters. The van der Waals surface area contributed by atoms with E-state index in [0.717, 1.165) is 59.5 Å². The van der Waals surface area contributed by atoms with E-state index in [2.05, 4.69) is 22.0 Å². The molecule has 154 valence electrons. The van der Waals surface area contributed by atoms with Crippen LogP contribution in [0, 0.1) is 11.3 Å². The summed E-state index contributed by atoms with van der Waals surface area (Å²) in [5.41, 5.74) is 12.1. The van der Waals surface area contributed by atoms with Crippen molar-refractivity contribution in [3.8, 4) is 28.6 Å². The van der Waals surface area contributed by atoms with Gasteiger partial charge in [0.15, 0.2) is 0 Å². The first-order valence-electron chi connectivity index (χ1n) is 10.4. The van der Waals surface area contributed by atoms with Crippen LogP contribution in [0.2, 0.25) is 0 Å². The van der Waals surface area contributed by atoms with E-state index in [0.29, 0.717) is 11.5 Å². The first-order valence-corrected chi connectivity index (χ1v) is 10.4. The molecular weight excluding hydrogens is 386 g/mol. The van der Waals surface area contributed by atoms with Crippen molar-refractivity contribution in [3.63, 3.8) is 0 Å². The first-order chi connectivity index (χ1) is 15.1. The fraction of sp³-hybridized carbons (Fsp3) is 0.250. The van der Waals surface area contributed by atoms with Gasteiger partial charge in [0.1, 0.15) is 0 Å². The molecular formula is C24H23N7. The normalized spacial score (nSPS) is 14.7. The molecule has 0 bridgehead atoms. The number of aryl methyl sites for hydroxylation is 1. The number of benzene rings is 1. The van der Waals surface area contributed by atoms with Gasteiger partial charge in [-0.15, -0.1) is 0 Å². The van der Waals surface area contributed by atoms with E-state index in [9.17, 15) is 0 Å². The first kappa shape index (κ1) is 19.2. The summed E-state index contributed by atoms with van der Waals surface area (Å²) in [7, 11) is 2.01. The molecule has 0 aliphatic carbocycles. The number of hydrogen-bond donors (Lipinski definition) is 1. The highest BCUT2D eigenvalue weighted by molar-refractivity contribution is 5.84. The Bertz CT molecular complexity index is 1280. The van der Waals surface area contributed by atoms with Gasteiger partial charge in [0, 0.05) is 49.7 Å². The molecule has 0 saturated carbocycles. The van der Waals surface area contributed by atoms with Crippen molar-refractivity contribution in [3.05, 3.63) is 60.4 Å². The molecule has 0 amide bonds. The summed E-state index contributed by atoms with van der Waals surface area (Å²) in [5, 5.41) is 9.17. The van der Waals surface area contributed by atoms with Gasteiger partial charge in [-0.3, -0.25) is 0 Å². The quantitative estimate of drug-likeness (QED) is 0.556. The third-order valence-corrected chi connectivity index (χ3v) is 5.90. The predicted molar refractivity (Wildman–Crippen MR) is 121 cm³/mol. The smallest absolute Gasteiger partial charge is 0.225 e. The Morgan fingerprint density at radius 1 is 1.03 bits per heavy atom. The Kier molecular flexibility index (Phi) is 4.85. The van der Waals surface area contributed by atoms with Gasteiger partial charge < -0.3 is 15.2 Å². The Labute approximate surface area is 180 Å². The van der Waals surface area contributed by atoms with Gasteiger partial charge in [-0.25, -0.2) is 15.0 Å². The maximum absolute atomic E-state index is 9.17. The van der Waals surface area contributed by atoms with Crippen LogP contribution in [-0.2, 0) is 7.05 Å². The van der Waals surface area contributed by atoms with Gasteiger partial charge in [0.25, 0.3) is 0 Å². The molecule has 1 aliphatic heterocycles. The number of nitrogens with two attached hydrogens (primary N) is 1. The number of anilines is 1. The Morgan fingerprint density at radius 2 is 1.81 bits per heavy atom. The molecule has 31 heavy (non-hydrogen) atoms. The van der Waals surface area contributed by atoms with E-state index in [4.69, 9.17) is 21.0 Å². The number of nitriles is 1. The average Bonchev–Trinajstić information content (AvgIpc) is 3.19. The third kappa shape index (κ3) is 3.62. The third-order valence-electron chi connectivity index (χ3n) is 5.90. The van der Waals surface area contributed by atoms with Crippen molar-refractivity contribution in [1.82, 2.24) is 19.5 Å². The predicted octanol–water partition coefficient (Wildman–Crippen LogP) is 3.50.